The summed E-state index contributed by atoms with van der Waals surface area (Å²) < 4.78 is 0. The van der Waals surface area contributed by atoms with Crippen LogP contribution in [0.5, 0.6) is 0 Å². The first-order chi connectivity index (χ1) is 11.7. The quantitative estimate of drug-likeness (QED) is 0.463. The molecule has 146 valence electrons. The summed E-state index contributed by atoms with van der Waals surface area (Å²) in [4.78, 5) is 38.0. The highest BCUT2D eigenvalue weighted by molar-refractivity contribution is 5.91. The van der Waals surface area contributed by atoms with Crippen molar-refractivity contribution in [2.45, 2.75) is 59.9 Å². The van der Waals surface area contributed by atoms with Crippen LogP contribution in [0.25, 0.3) is 0 Å². The molecule has 0 aromatic carbocycles. The van der Waals surface area contributed by atoms with Crippen molar-refractivity contribution >= 4 is 17.5 Å². The maximum atomic E-state index is 12.4. The third-order valence-corrected chi connectivity index (χ3v) is 4.08. The average Bonchev–Trinajstić information content (AvgIpc) is 2.52. The summed E-state index contributed by atoms with van der Waals surface area (Å²) >= 11 is 0. The molecule has 0 heterocycles. The first-order valence-electron chi connectivity index (χ1n) is 9.44. The van der Waals surface area contributed by atoms with Crippen molar-refractivity contribution in [1.29, 1.82) is 0 Å². The number of likely N-dealkylation sites (N-methyl/N-ethyl adjacent to an activating group) is 1. The van der Waals surface area contributed by atoms with Gasteiger partial charge in [-0.15, -0.1) is 0 Å². The van der Waals surface area contributed by atoms with Crippen LogP contribution in [0.4, 0.5) is 0 Å². The summed E-state index contributed by atoms with van der Waals surface area (Å²) in [7, 11) is 1.75. The molecule has 0 saturated heterocycles. The molecule has 0 aliphatic heterocycles. The molecule has 0 aromatic heterocycles. The topological polar surface area (TPSA) is 78.5 Å². The van der Waals surface area contributed by atoms with Crippen LogP contribution in [-0.4, -0.2) is 61.6 Å². The summed E-state index contributed by atoms with van der Waals surface area (Å²) in [6.45, 7) is 11.7. The van der Waals surface area contributed by atoms with E-state index in [1.165, 1.54) is 0 Å². The number of unbranched alkanes of at least 4 members (excludes halogenated alkanes) is 1. The van der Waals surface area contributed by atoms with E-state index in [2.05, 4.69) is 17.6 Å². The van der Waals surface area contributed by atoms with E-state index >= 15 is 0 Å². The number of amides is 1. The molecule has 1 amide bonds. The third kappa shape index (κ3) is 11.1. The van der Waals surface area contributed by atoms with E-state index in [4.69, 9.17) is 0 Å². The third-order valence-electron chi connectivity index (χ3n) is 4.08. The van der Waals surface area contributed by atoms with Gasteiger partial charge in [0.25, 0.3) is 0 Å². The van der Waals surface area contributed by atoms with E-state index in [0.717, 1.165) is 25.9 Å². The van der Waals surface area contributed by atoms with E-state index in [1.54, 1.807) is 11.9 Å². The standard InChI is InChI=1S/C19H37N3O3/c1-7-20-11-9-8-10-16(19(25)15(4)5)21-18(24)13-22(6)12-17(23)14(2)3/h14-16,20H,7-13H2,1-6H3,(H,21,24)/t16-/m0/s1. The zero-order valence-electron chi connectivity index (χ0n) is 16.9. The van der Waals surface area contributed by atoms with E-state index in [1.807, 2.05) is 27.7 Å². The molecule has 6 heteroatoms. The molecule has 0 aliphatic rings. The Morgan fingerprint density at radius 3 is 2.12 bits per heavy atom. The van der Waals surface area contributed by atoms with Crippen LogP contribution in [0.1, 0.15) is 53.9 Å². The van der Waals surface area contributed by atoms with Gasteiger partial charge in [-0.2, -0.15) is 0 Å². The minimum Gasteiger partial charge on any atom is -0.345 e. The number of rotatable bonds is 14. The Balaban J connectivity index is 4.49. The molecule has 0 radical (unpaired) electrons. The highest BCUT2D eigenvalue weighted by Gasteiger charge is 2.23. The number of carbonyl (C=O) groups excluding carboxylic acids is 3. The van der Waals surface area contributed by atoms with Gasteiger partial charge < -0.3 is 10.6 Å². The van der Waals surface area contributed by atoms with Gasteiger partial charge in [-0.3, -0.25) is 19.3 Å². The van der Waals surface area contributed by atoms with Gasteiger partial charge in [-0.05, 0) is 39.4 Å². The van der Waals surface area contributed by atoms with Crippen LogP contribution in [0.2, 0.25) is 0 Å². The second-order valence-electron chi connectivity index (χ2n) is 7.32. The fourth-order valence-corrected chi connectivity index (χ4v) is 2.45. The van der Waals surface area contributed by atoms with E-state index in [0.29, 0.717) is 6.42 Å². The van der Waals surface area contributed by atoms with Crippen molar-refractivity contribution in [2.24, 2.45) is 11.8 Å². The lowest BCUT2D eigenvalue weighted by atomic mass is 9.97. The minimum atomic E-state index is -0.441. The molecular weight excluding hydrogens is 318 g/mol. The molecule has 6 nitrogen and oxygen atoms in total. The molecule has 0 bridgehead atoms. The van der Waals surface area contributed by atoms with Crippen molar-refractivity contribution in [1.82, 2.24) is 15.5 Å². The smallest absolute Gasteiger partial charge is 0.234 e. The molecule has 0 rings (SSSR count). The molecule has 0 fully saturated rings. The SMILES string of the molecule is CCNCCCC[C@H](NC(=O)CN(C)CC(=O)C(C)C)C(=O)C(C)C. The molecule has 2 N–H and O–H groups in total. The van der Waals surface area contributed by atoms with Crippen molar-refractivity contribution in [2.75, 3.05) is 33.2 Å². The molecule has 0 unspecified atom stereocenters. The van der Waals surface area contributed by atoms with Crippen LogP contribution in [0.3, 0.4) is 0 Å². The normalized spacial score (nSPS) is 12.7. The fraction of sp³-hybridized carbons (Fsp3) is 0.842. The Morgan fingerprint density at radius 1 is 0.960 bits per heavy atom. The van der Waals surface area contributed by atoms with Crippen LogP contribution in [0, 0.1) is 11.8 Å². The van der Waals surface area contributed by atoms with Gasteiger partial charge in [0.05, 0.1) is 19.1 Å². The number of Topliss-reactive ketones (excluding diaryl/α,β-unsaturated/α-hetero) is 2. The van der Waals surface area contributed by atoms with Gasteiger partial charge in [-0.25, -0.2) is 0 Å². The van der Waals surface area contributed by atoms with Gasteiger partial charge in [-0.1, -0.05) is 34.6 Å². The van der Waals surface area contributed by atoms with Gasteiger partial charge >= 0.3 is 0 Å². The highest BCUT2D eigenvalue weighted by atomic mass is 16.2. The van der Waals surface area contributed by atoms with Crippen molar-refractivity contribution < 1.29 is 14.4 Å². The number of carbonyl (C=O) groups is 3. The lowest BCUT2D eigenvalue weighted by Crippen LogP contribution is -2.47. The Morgan fingerprint density at radius 2 is 1.60 bits per heavy atom. The molecule has 0 spiro atoms. The maximum Gasteiger partial charge on any atom is 0.234 e. The highest BCUT2D eigenvalue weighted by Crippen LogP contribution is 2.08. The lowest BCUT2D eigenvalue weighted by molar-refractivity contribution is -0.130. The van der Waals surface area contributed by atoms with E-state index < -0.39 is 6.04 Å². The zero-order chi connectivity index (χ0) is 19.4. The van der Waals surface area contributed by atoms with E-state index in [-0.39, 0.29) is 42.4 Å². The van der Waals surface area contributed by atoms with Crippen molar-refractivity contribution in [3.05, 3.63) is 0 Å². The Hall–Kier alpha value is -1.27. The summed E-state index contributed by atoms with van der Waals surface area (Å²) in [5.41, 5.74) is 0. The number of hydrogen-bond acceptors (Lipinski definition) is 5. The molecule has 0 aromatic rings. The second kappa shape index (κ2) is 13.0. The largest absolute Gasteiger partial charge is 0.345 e. The summed E-state index contributed by atoms with van der Waals surface area (Å²) in [5.74, 6) is -0.187. The van der Waals surface area contributed by atoms with Crippen molar-refractivity contribution in [3.8, 4) is 0 Å². The number of hydrogen-bond donors (Lipinski definition) is 2. The summed E-state index contributed by atoms with van der Waals surface area (Å²) in [5, 5.41) is 6.12. The van der Waals surface area contributed by atoms with Gasteiger partial charge in [0.2, 0.25) is 5.91 Å². The lowest BCUT2D eigenvalue weighted by Gasteiger charge is -2.22. The first-order valence-corrected chi connectivity index (χ1v) is 9.44. The van der Waals surface area contributed by atoms with Gasteiger partial charge in [0, 0.05) is 11.8 Å². The Labute approximate surface area is 153 Å². The Bertz CT molecular complexity index is 422. The first kappa shape index (κ1) is 23.7. The molecule has 25 heavy (non-hydrogen) atoms. The van der Waals surface area contributed by atoms with Crippen LogP contribution in [-0.2, 0) is 14.4 Å². The number of nitrogens with one attached hydrogen (secondary N) is 2. The predicted molar refractivity (Wildman–Crippen MR) is 102 cm³/mol. The summed E-state index contributed by atoms with van der Waals surface area (Å²) in [6.07, 6.45) is 2.52. The molecule has 0 saturated carbocycles. The molecule has 0 aliphatic carbocycles. The van der Waals surface area contributed by atoms with Crippen LogP contribution in [0.15, 0.2) is 0 Å². The van der Waals surface area contributed by atoms with Gasteiger partial charge in [0.1, 0.15) is 5.78 Å². The number of ketones is 2. The monoisotopic (exact) mass is 355 g/mol. The maximum absolute atomic E-state index is 12.4. The van der Waals surface area contributed by atoms with E-state index in [9.17, 15) is 14.4 Å². The molecular formula is C19H37N3O3. The second-order valence-corrected chi connectivity index (χ2v) is 7.32. The minimum absolute atomic E-state index is 0.0440. The van der Waals surface area contributed by atoms with Crippen LogP contribution < -0.4 is 10.6 Å². The number of nitrogens with zero attached hydrogens (tertiary/aromatic N) is 1. The average molecular weight is 356 g/mol. The molecule has 1 atom stereocenters. The Kier molecular flexibility index (Phi) is 12.3. The fourth-order valence-electron chi connectivity index (χ4n) is 2.45. The summed E-state index contributed by atoms with van der Waals surface area (Å²) in [6, 6.07) is -0.441. The zero-order valence-corrected chi connectivity index (χ0v) is 16.9. The predicted octanol–water partition coefficient (Wildman–Crippen LogP) is 1.63. The van der Waals surface area contributed by atoms with Crippen LogP contribution >= 0.6 is 0 Å². The van der Waals surface area contributed by atoms with Crippen molar-refractivity contribution in [3.63, 3.8) is 0 Å². The van der Waals surface area contributed by atoms with Gasteiger partial charge in [0.15, 0.2) is 5.78 Å².